The highest BCUT2D eigenvalue weighted by atomic mass is 16.2. The molecule has 1 aromatic carbocycles. The Morgan fingerprint density at radius 1 is 1.00 bits per heavy atom. The predicted octanol–water partition coefficient (Wildman–Crippen LogP) is 3.02. The van der Waals surface area contributed by atoms with E-state index in [1.807, 2.05) is 29.2 Å². The van der Waals surface area contributed by atoms with E-state index in [4.69, 9.17) is 5.73 Å². The molecule has 0 unspecified atom stereocenters. The fourth-order valence-electron chi connectivity index (χ4n) is 4.05. The third kappa shape index (κ3) is 4.40. The Labute approximate surface area is 150 Å². The van der Waals surface area contributed by atoms with Crippen molar-refractivity contribution in [2.24, 2.45) is 17.6 Å². The number of nitrogens with zero attached hydrogens (tertiary/aromatic N) is 1. The molecular formula is C20H29N3O2. The first-order valence-corrected chi connectivity index (χ1v) is 9.59. The molecule has 1 saturated carbocycles. The highest BCUT2D eigenvalue weighted by molar-refractivity contribution is 5.96. The van der Waals surface area contributed by atoms with E-state index in [0.29, 0.717) is 18.0 Å². The van der Waals surface area contributed by atoms with Crippen LogP contribution < -0.4 is 11.1 Å². The van der Waals surface area contributed by atoms with Crippen LogP contribution in [0.5, 0.6) is 0 Å². The van der Waals surface area contributed by atoms with Crippen LogP contribution in [-0.2, 0) is 4.79 Å². The van der Waals surface area contributed by atoms with E-state index in [1.165, 1.54) is 12.8 Å². The van der Waals surface area contributed by atoms with Crippen LogP contribution in [0, 0.1) is 11.8 Å². The van der Waals surface area contributed by atoms with Crippen LogP contribution in [0.25, 0.3) is 0 Å². The third-order valence-electron chi connectivity index (χ3n) is 5.59. The van der Waals surface area contributed by atoms with Gasteiger partial charge in [0.25, 0.3) is 5.91 Å². The number of benzene rings is 1. The van der Waals surface area contributed by atoms with Gasteiger partial charge < -0.3 is 16.0 Å². The summed E-state index contributed by atoms with van der Waals surface area (Å²) in [5, 5.41) is 2.98. The molecule has 0 aromatic heterocycles. The average Bonchev–Trinajstić information content (AvgIpc) is 2.96. The maximum atomic E-state index is 12.6. The maximum absolute atomic E-state index is 12.6. The molecule has 1 aliphatic heterocycles. The molecule has 0 bridgehead atoms. The Balaban J connectivity index is 1.60. The Kier molecular flexibility index (Phi) is 6.08. The first-order chi connectivity index (χ1) is 12.2. The zero-order valence-corrected chi connectivity index (χ0v) is 14.9. The van der Waals surface area contributed by atoms with Crippen molar-refractivity contribution in [2.75, 3.05) is 25.0 Å². The number of amides is 2. The van der Waals surface area contributed by atoms with Crippen LogP contribution in [-0.4, -0.2) is 36.3 Å². The summed E-state index contributed by atoms with van der Waals surface area (Å²) in [7, 11) is 0. The summed E-state index contributed by atoms with van der Waals surface area (Å²) in [5.74, 6) is 0.464. The number of nitrogens with one attached hydrogen (secondary N) is 1. The van der Waals surface area contributed by atoms with Gasteiger partial charge in [0.05, 0.1) is 0 Å². The molecule has 3 rings (SSSR count). The summed E-state index contributed by atoms with van der Waals surface area (Å²) in [6.07, 6.45) is 7.62. The average molecular weight is 343 g/mol. The predicted molar refractivity (Wildman–Crippen MR) is 99.3 cm³/mol. The highest BCUT2D eigenvalue weighted by Crippen LogP contribution is 2.31. The van der Waals surface area contributed by atoms with Gasteiger partial charge in [-0.3, -0.25) is 9.59 Å². The second-order valence-corrected chi connectivity index (χ2v) is 7.31. The van der Waals surface area contributed by atoms with Crippen LogP contribution in [0.3, 0.4) is 0 Å². The van der Waals surface area contributed by atoms with Crippen LogP contribution >= 0.6 is 0 Å². The van der Waals surface area contributed by atoms with E-state index in [0.717, 1.165) is 50.9 Å². The van der Waals surface area contributed by atoms with E-state index in [9.17, 15) is 9.59 Å². The van der Waals surface area contributed by atoms with E-state index < -0.39 is 0 Å². The molecule has 3 N–H and O–H groups in total. The molecule has 0 radical (unpaired) electrons. The van der Waals surface area contributed by atoms with Gasteiger partial charge in [0, 0.05) is 30.3 Å². The summed E-state index contributed by atoms with van der Waals surface area (Å²) < 4.78 is 0. The van der Waals surface area contributed by atoms with Crippen LogP contribution in [0.15, 0.2) is 24.3 Å². The van der Waals surface area contributed by atoms with Crippen molar-refractivity contribution < 1.29 is 9.59 Å². The lowest BCUT2D eigenvalue weighted by Gasteiger charge is -2.20. The molecule has 2 aliphatic rings. The largest absolute Gasteiger partial charge is 0.339 e. The van der Waals surface area contributed by atoms with E-state index in [1.54, 1.807) is 0 Å². The molecular weight excluding hydrogens is 314 g/mol. The lowest BCUT2D eigenvalue weighted by Crippen LogP contribution is -2.32. The van der Waals surface area contributed by atoms with Gasteiger partial charge in [-0.1, -0.05) is 19.3 Å². The fraction of sp³-hybridized carbons (Fsp3) is 0.600. The van der Waals surface area contributed by atoms with Crippen LogP contribution in [0.1, 0.15) is 55.3 Å². The van der Waals surface area contributed by atoms with Crippen molar-refractivity contribution in [2.45, 2.75) is 44.9 Å². The lowest BCUT2D eigenvalue weighted by molar-refractivity contribution is -0.120. The summed E-state index contributed by atoms with van der Waals surface area (Å²) in [6.45, 7) is 2.26. The Hall–Kier alpha value is -1.88. The molecule has 1 heterocycles. The normalized spacial score (nSPS) is 24.0. The molecule has 2 atom stereocenters. The van der Waals surface area contributed by atoms with Gasteiger partial charge in [0.15, 0.2) is 0 Å². The van der Waals surface area contributed by atoms with E-state index in [2.05, 4.69) is 5.32 Å². The van der Waals surface area contributed by atoms with Crippen molar-refractivity contribution in [1.29, 1.82) is 0 Å². The smallest absolute Gasteiger partial charge is 0.253 e. The summed E-state index contributed by atoms with van der Waals surface area (Å²) in [5.41, 5.74) is 7.21. The van der Waals surface area contributed by atoms with Gasteiger partial charge in [-0.05, 0) is 62.4 Å². The quantitative estimate of drug-likeness (QED) is 0.882. The third-order valence-corrected chi connectivity index (χ3v) is 5.59. The number of carbonyl (C=O) groups excluding carboxylic acids is 2. The fourth-order valence-corrected chi connectivity index (χ4v) is 4.05. The van der Waals surface area contributed by atoms with Crippen LogP contribution in [0.2, 0.25) is 0 Å². The summed E-state index contributed by atoms with van der Waals surface area (Å²) >= 11 is 0. The van der Waals surface area contributed by atoms with Crippen molar-refractivity contribution in [3.8, 4) is 0 Å². The Bertz CT molecular complexity index is 591. The highest BCUT2D eigenvalue weighted by Gasteiger charge is 2.31. The minimum atomic E-state index is 0.0170. The number of nitrogens with two attached hydrogens (primary N) is 1. The van der Waals surface area contributed by atoms with Gasteiger partial charge in [0.2, 0.25) is 5.91 Å². The van der Waals surface area contributed by atoms with Gasteiger partial charge in [-0.25, -0.2) is 0 Å². The number of likely N-dealkylation sites (tertiary alicyclic amines) is 1. The van der Waals surface area contributed by atoms with Gasteiger partial charge in [0.1, 0.15) is 0 Å². The van der Waals surface area contributed by atoms with Crippen molar-refractivity contribution in [1.82, 2.24) is 4.90 Å². The van der Waals surface area contributed by atoms with Crippen molar-refractivity contribution >= 4 is 17.5 Å². The number of anilines is 1. The minimum Gasteiger partial charge on any atom is -0.339 e. The SMILES string of the molecule is NC[C@H]1CCC[C@H]1C(=O)Nc1ccc(C(=O)N2CCCCCC2)cc1. The molecule has 2 fully saturated rings. The monoisotopic (exact) mass is 343 g/mol. The first kappa shape index (κ1) is 17.9. The summed E-state index contributed by atoms with van der Waals surface area (Å²) in [6, 6.07) is 7.29. The van der Waals surface area contributed by atoms with Crippen molar-refractivity contribution in [3.05, 3.63) is 29.8 Å². The van der Waals surface area contributed by atoms with Gasteiger partial charge in [-0.2, -0.15) is 0 Å². The molecule has 136 valence electrons. The van der Waals surface area contributed by atoms with Crippen molar-refractivity contribution in [3.63, 3.8) is 0 Å². The zero-order valence-electron chi connectivity index (χ0n) is 14.9. The molecule has 1 aromatic rings. The second-order valence-electron chi connectivity index (χ2n) is 7.31. The van der Waals surface area contributed by atoms with E-state index in [-0.39, 0.29) is 17.7 Å². The molecule has 25 heavy (non-hydrogen) atoms. The topological polar surface area (TPSA) is 75.4 Å². The molecule has 5 nitrogen and oxygen atoms in total. The molecule has 0 spiro atoms. The number of rotatable bonds is 4. The van der Waals surface area contributed by atoms with Crippen LogP contribution in [0.4, 0.5) is 5.69 Å². The Morgan fingerprint density at radius 2 is 1.68 bits per heavy atom. The molecule has 2 amide bonds. The van der Waals surface area contributed by atoms with Gasteiger partial charge >= 0.3 is 0 Å². The summed E-state index contributed by atoms with van der Waals surface area (Å²) in [4.78, 5) is 27.0. The zero-order chi connectivity index (χ0) is 17.6. The molecule has 1 saturated heterocycles. The minimum absolute atomic E-state index is 0.0170. The Morgan fingerprint density at radius 3 is 2.32 bits per heavy atom. The second kappa shape index (κ2) is 8.48. The first-order valence-electron chi connectivity index (χ1n) is 9.59. The maximum Gasteiger partial charge on any atom is 0.253 e. The van der Waals surface area contributed by atoms with Gasteiger partial charge in [-0.15, -0.1) is 0 Å². The molecule has 1 aliphatic carbocycles. The van der Waals surface area contributed by atoms with E-state index >= 15 is 0 Å². The standard InChI is InChI=1S/C20H29N3O2/c21-14-16-6-5-7-18(16)19(24)22-17-10-8-15(9-11-17)20(25)23-12-3-1-2-4-13-23/h8-11,16,18H,1-7,12-14,21H2,(H,22,24)/t16-,18-/m1/s1. The number of carbonyl (C=O) groups is 2. The number of hydrogen-bond donors (Lipinski definition) is 2. The molecule has 5 heteroatoms. The number of hydrogen-bond acceptors (Lipinski definition) is 3. The lowest BCUT2D eigenvalue weighted by atomic mass is 9.95.